The number of hydrogen-bond acceptors (Lipinski definition) is 1. The summed E-state index contributed by atoms with van der Waals surface area (Å²) in [4.78, 5) is 0. The lowest BCUT2D eigenvalue weighted by Gasteiger charge is -1.99. The van der Waals surface area contributed by atoms with E-state index in [9.17, 15) is 0 Å². The summed E-state index contributed by atoms with van der Waals surface area (Å²) in [5.41, 5.74) is 1.88. The predicted octanol–water partition coefficient (Wildman–Crippen LogP) is 2.63. The van der Waals surface area contributed by atoms with Crippen LogP contribution in [0.4, 0.5) is 0 Å². The molecule has 13 heavy (non-hydrogen) atoms. The minimum atomic E-state index is 0.733. The van der Waals surface area contributed by atoms with Crippen LogP contribution in [0.25, 0.3) is 5.69 Å². The molecule has 2 aromatic rings. The number of rotatable bonds is 1. The van der Waals surface area contributed by atoms with Gasteiger partial charge in [0.2, 0.25) is 0 Å². The van der Waals surface area contributed by atoms with Crippen molar-refractivity contribution in [1.82, 2.24) is 9.78 Å². The van der Waals surface area contributed by atoms with Crippen LogP contribution < -0.4 is 0 Å². The van der Waals surface area contributed by atoms with E-state index in [1.807, 2.05) is 31.2 Å². The molecule has 2 rings (SSSR count). The Bertz CT molecular complexity index is 403. The molecule has 0 saturated carbocycles. The lowest BCUT2D eigenvalue weighted by molar-refractivity contribution is 0.863. The van der Waals surface area contributed by atoms with Crippen molar-refractivity contribution in [3.8, 4) is 5.69 Å². The third-order valence-corrected chi connectivity index (χ3v) is 2.00. The van der Waals surface area contributed by atoms with Crippen LogP contribution in [0, 0.1) is 13.0 Å². The van der Waals surface area contributed by atoms with Gasteiger partial charge < -0.3 is 0 Å². The second-order valence-electron chi connectivity index (χ2n) is 2.78. The highest BCUT2D eigenvalue weighted by atomic mass is 35.5. The van der Waals surface area contributed by atoms with Crippen molar-refractivity contribution >= 4 is 11.6 Å². The van der Waals surface area contributed by atoms with E-state index < -0.39 is 0 Å². The summed E-state index contributed by atoms with van der Waals surface area (Å²) in [7, 11) is 0. The van der Waals surface area contributed by atoms with Gasteiger partial charge in [0, 0.05) is 17.3 Å². The molecular weight excluding hydrogens is 184 g/mol. The lowest BCUT2D eigenvalue weighted by atomic mass is 10.3. The summed E-state index contributed by atoms with van der Waals surface area (Å²) in [6, 6.07) is 10.5. The van der Waals surface area contributed by atoms with Gasteiger partial charge in [-0.1, -0.05) is 11.6 Å². The molecule has 0 saturated heterocycles. The Morgan fingerprint density at radius 2 is 2.00 bits per heavy atom. The van der Waals surface area contributed by atoms with Crippen molar-refractivity contribution in [3.63, 3.8) is 0 Å². The van der Waals surface area contributed by atoms with E-state index in [1.165, 1.54) is 0 Å². The van der Waals surface area contributed by atoms with Gasteiger partial charge in [-0.05, 0) is 31.2 Å². The zero-order valence-electron chi connectivity index (χ0n) is 7.16. The van der Waals surface area contributed by atoms with Gasteiger partial charge >= 0.3 is 0 Å². The van der Waals surface area contributed by atoms with E-state index in [1.54, 1.807) is 10.9 Å². The Kier molecular flexibility index (Phi) is 2.07. The third-order valence-electron chi connectivity index (χ3n) is 1.74. The molecule has 2 nitrogen and oxygen atoms in total. The van der Waals surface area contributed by atoms with E-state index in [0.29, 0.717) is 0 Å². The second kappa shape index (κ2) is 3.23. The van der Waals surface area contributed by atoms with Gasteiger partial charge in [0.15, 0.2) is 0 Å². The van der Waals surface area contributed by atoms with E-state index >= 15 is 0 Å². The van der Waals surface area contributed by atoms with Gasteiger partial charge in [-0.2, -0.15) is 5.10 Å². The maximum absolute atomic E-state index is 5.77. The number of benzene rings is 1. The molecule has 65 valence electrons. The number of nitrogens with zero attached hydrogens (tertiary/aromatic N) is 2. The van der Waals surface area contributed by atoms with Crippen molar-refractivity contribution in [2.45, 2.75) is 6.92 Å². The summed E-state index contributed by atoms with van der Waals surface area (Å²) in [6.07, 6.45) is 1.80. The first kappa shape index (κ1) is 8.32. The molecule has 0 unspecified atom stereocenters. The monoisotopic (exact) mass is 191 g/mol. The number of halogens is 1. The fourth-order valence-electron chi connectivity index (χ4n) is 1.10. The third kappa shape index (κ3) is 1.73. The molecule has 0 aliphatic carbocycles. The smallest absolute Gasteiger partial charge is 0.0677 e. The Balaban J connectivity index is 2.41. The topological polar surface area (TPSA) is 17.8 Å². The molecule has 0 amide bonds. The Morgan fingerprint density at radius 1 is 1.31 bits per heavy atom. The maximum Gasteiger partial charge on any atom is 0.0677 e. The lowest BCUT2D eigenvalue weighted by Crippen LogP contribution is -1.93. The fraction of sp³-hybridized carbons (Fsp3) is 0.100. The van der Waals surface area contributed by atoms with Crippen molar-refractivity contribution < 1.29 is 0 Å². The SMILES string of the molecule is Cc1[c]cn(-c2ccc(Cl)cc2)n1. The highest BCUT2D eigenvalue weighted by molar-refractivity contribution is 6.30. The zero-order chi connectivity index (χ0) is 9.26. The minimum Gasteiger partial charge on any atom is -0.240 e. The van der Waals surface area contributed by atoms with Crippen LogP contribution in [0.3, 0.4) is 0 Å². The van der Waals surface area contributed by atoms with E-state index in [0.717, 1.165) is 16.4 Å². The van der Waals surface area contributed by atoms with Crippen molar-refractivity contribution in [2.24, 2.45) is 0 Å². The molecule has 0 bridgehead atoms. The average molecular weight is 192 g/mol. The van der Waals surface area contributed by atoms with Crippen LogP contribution in [0.2, 0.25) is 5.02 Å². The van der Waals surface area contributed by atoms with Crippen LogP contribution >= 0.6 is 11.6 Å². The van der Waals surface area contributed by atoms with E-state index in [-0.39, 0.29) is 0 Å². The van der Waals surface area contributed by atoms with Crippen molar-refractivity contribution in [3.05, 3.63) is 47.2 Å². The zero-order valence-corrected chi connectivity index (χ0v) is 7.92. The fourth-order valence-corrected chi connectivity index (χ4v) is 1.23. The van der Waals surface area contributed by atoms with Crippen LogP contribution in [-0.4, -0.2) is 9.78 Å². The quantitative estimate of drug-likeness (QED) is 0.678. The molecule has 0 N–H and O–H groups in total. The predicted molar refractivity (Wildman–Crippen MR) is 52.1 cm³/mol. The molecule has 1 aromatic heterocycles. The van der Waals surface area contributed by atoms with Gasteiger partial charge in [0.25, 0.3) is 0 Å². The molecule has 0 aliphatic rings. The molecule has 3 heteroatoms. The van der Waals surface area contributed by atoms with Crippen LogP contribution in [0.15, 0.2) is 30.5 Å². The summed E-state index contributed by atoms with van der Waals surface area (Å²) < 4.78 is 1.77. The van der Waals surface area contributed by atoms with Crippen molar-refractivity contribution in [2.75, 3.05) is 0 Å². The van der Waals surface area contributed by atoms with Crippen LogP contribution in [0.5, 0.6) is 0 Å². The molecule has 1 heterocycles. The Hall–Kier alpha value is -1.28. The van der Waals surface area contributed by atoms with Crippen LogP contribution in [-0.2, 0) is 0 Å². The molecule has 0 fully saturated rings. The van der Waals surface area contributed by atoms with Crippen LogP contribution in [0.1, 0.15) is 5.69 Å². The average Bonchev–Trinajstić information content (AvgIpc) is 2.53. The summed E-state index contributed by atoms with van der Waals surface area (Å²) in [5, 5.41) is 4.96. The Morgan fingerprint density at radius 3 is 2.54 bits per heavy atom. The van der Waals surface area contributed by atoms with Gasteiger partial charge in [0.05, 0.1) is 11.4 Å². The van der Waals surface area contributed by atoms with Gasteiger partial charge in [0.1, 0.15) is 0 Å². The number of aromatic nitrogens is 2. The van der Waals surface area contributed by atoms with Gasteiger partial charge in [-0.15, -0.1) is 0 Å². The largest absolute Gasteiger partial charge is 0.240 e. The second-order valence-corrected chi connectivity index (χ2v) is 3.22. The summed E-state index contributed by atoms with van der Waals surface area (Å²) in [5.74, 6) is 0. The first-order valence-corrected chi connectivity index (χ1v) is 4.33. The molecular formula is C10H8ClN2. The van der Waals surface area contributed by atoms with E-state index in [4.69, 9.17) is 11.6 Å². The van der Waals surface area contributed by atoms with Crippen molar-refractivity contribution in [1.29, 1.82) is 0 Å². The first-order chi connectivity index (χ1) is 6.25. The Labute approximate surface area is 81.8 Å². The van der Waals surface area contributed by atoms with Gasteiger partial charge in [-0.25, -0.2) is 4.68 Å². The maximum atomic E-state index is 5.77. The molecule has 0 spiro atoms. The number of aryl methyl sites for hydroxylation is 1. The highest BCUT2D eigenvalue weighted by Crippen LogP contribution is 2.12. The molecule has 0 aliphatic heterocycles. The molecule has 0 atom stereocenters. The molecule has 1 aromatic carbocycles. The number of hydrogen-bond donors (Lipinski definition) is 0. The van der Waals surface area contributed by atoms with Gasteiger partial charge in [-0.3, -0.25) is 0 Å². The summed E-state index contributed by atoms with van der Waals surface area (Å²) >= 11 is 5.77. The summed E-state index contributed by atoms with van der Waals surface area (Å²) in [6.45, 7) is 1.91. The normalized spacial score (nSPS) is 10.3. The first-order valence-electron chi connectivity index (χ1n) is 3.95. The standard InChI is InChI=1S/C10H8ClN2/c1-8-6-7-13(12-8)10-4-2-9(11)3-5-10/h2-5,7H,1H3. The highest BCUT2D eigenvalue weighted by Gasteiger charge is 1.97. The minimum absolute atomic E-state index is 0.733. The molecule has 1 radical (unpaired) electrons. The van der Waals surface area contributed by atoms with E-state index in [2.05, 4.69) is 11.2 Å².